The highest BCUT2D eigenvalue weighted by atomic mass is 14.7. The zero-order valence-electron chi connectivity index (χ0n) is 17.9. The van der Waals surface area contributed by atoms with E-state index in [1.165, 1.54) is 10.9 Å². The fourth-order valence-corrected chi connectivity index (χ4v) is 4.23. The third kappa shape index (κ3) is 3.81. The molecule has 0 saturated heterocycles. The van der Waals surface area contributed by atoms with Crippen LogP contribution in [0, 0.1) is 0 Å². The summed E-state index contributed by atoms with van der Waals surface area (Å²) in [7, 11) is 0. The number of nitrogens with zero attached hydrogens (tertiary/aromatic N) is 2. The van der Waals surface area contributed by atoms with Crippen molar-refractivity contribution in [1.29, 1.82) is 0 Å². The van der Waals surface area contributed by atoms with Gasteiger partial charge >= 0.3 is 0 Å². The van der Waals surface area contributed by atoms with Crippen molar-refractivity contribution in [2.75, 3.05) is 0 Å². The number of para-hydroxylation sites is 1. The van der Waals surface area contributed by atoms with Gasteiger partial charge in [-0.3, -0.25) is 9.97 Å². The predicted octanol–water partition coefficient (Wildman–Crippen LogP) is 7.61. The molecule has 0 fully saturated rings. The van der Waals surface area contributed by atoms with Gasteiger partial charge in [0.1, 0.15) is 0 Å². The molecule has 0 aliphatic heterocycles. The second kappa shape index (κ2) is 8.21. The number of aromatic amines is 1. The Kier molecular flexibility index (Phi) is 4.78. The predicted molar refractivity (Wildman–Crippen MR) is 140 cm³/mol. The van der Waals surface area contributed by atoms with Gasteiger partial charge in [0.2, 0.25) is 0 Å². The summed E-state index contributed by atoms with van der Waals surface area (Å²) in [4.78, 5) is 12.5. The number of nitrogens with one attached hydrogen (secondary N) is 1. The Morgan fingerprint density at radius 3 is 1.91 bits per heavy atom. The molecule has 3 aromatic heterocycles. The van der Waals surface area contributed by atoms with Crippen molar-refractivity contribution in [3.63, 3.8) is 0 Å². The van der Waals surface area contributed by atoms with Crippen LogP contribution in [-0.2, 0) is 0 Å². The van der Waals surface area contributed by atoms with Crippen LogP contribution in [0.3, 0.4) is 0 Å². The standard InChI is InChI=1S/C30H21N3/c1-2-8-27-25(7-1)26(15-11-21-9-13-23-5-3-17-31-29(23)19-21)28(33-27)16-12-22-10-14-24-6-4-18-32-30(24)20-22/h1-20,33H/b15-11+,16-12+. The Morgan fingerprint density at radius 2 is 1.21 bits per heavy atom. The Balaban J connectivity index is 1.39. The molecule has 0 bridgehead atoms. The molecule has 0 radical (unpaired) electrons. The summed E-state index contributed by atoms with van der Waals surface area (Å²) in [6.07, 6.45) is 12.3. The van der Waals surface area contributed by atoms with E-state index < -0.39 is 0 Å². The number of aromatic nitrogens is 3. The van der Waals surface area contributed by atoms with Gasteiger partial charge in [0.25, 0.3) is 0 Å². The van der Waals surface area contributed by atoms with E-state index in [9.17, 15) is 0 Å². The van der Waals surface area contributed by atoms with Crippen LogP contribution in [0.4, 0.5) is 0 Å². The van der Waals surface area contributed by atoms with E-state index in [4.69, 9.17) is 0 Å². The SMILES string of the molecule is C(=C\c1[nH]c2ccccc2c1/C=C/c1ccc2cccnc2c1)/c1ccc2cccnc2c1. The fourth-order valence-electron chi connectivity index (χ4n) is 4.23. The van der Waals surface area contributed by atoms with Crippen LogP contribution in [0.5, 0.6) is 0 Å². The van der Waals surface area contributed by atoms with Crippen molar-refractivity contribution in [2.45, 2.75) is 0 Å². The number of pyridine rings is 2. The minimum absolute atomic E-state index is 1.00. The van der Waals surface area contributed by atoms with E-state index in [1.807, 2.05) is 24.5 Å². The normalized spacial score (nSPS) is 12.0. The van der Waals surface area contributed by atoms with Crippen molar-refractivity contribution in [3.8, 4) is 0 Å². The number of hydrogen-bond donors (Lipinski definition) is 1. The molecule has 33 heavy (non-hydrogen) atoms. The lowest BCUT2D eigenvalue weighted by atomic mass is 10.1. The van der Waals surface area contributed by atoms with Gasteiger partial charge in [0.05, 0.1) is 11.0 Å². The molecular weight excluding hydrogens is 402 g/mol. The third-order valence-electron chi connectivity index (χ3n) is 5.92. The first-order valence-corrected chi connectivity index (χ1v) is 11.0. The molecule has 0 saturated carbocycles. The molecule has 0 aliphatic rings. The highest BCUT2D eigenvalue weighted by molar-refractivity contribution is 5.97. The molecule has 3 nitrogen and oxygen atoms in total. The van der Waals surface area contributed by atoms with Gasteiger partial charge in [-0.1, -0.05) is 72.8 Å². The molecule has 3 heteroatoms. The Labute approximate surface area is 191 Å². The summed E-state index contributed by atoms with van der Waals surface area (Å²) in [5.74, 6) is 0. The number of rotatable bonds is 4. The van der Waals surface area contributed by atoms with Crippen LogP contribution in [0.25, 0.3) is 57.0 Å². The average molecular weight is 424 g/mol. The maximum Gasteiger partial charge on any atom is 0.0707 e. The molecule has 0 spiro atoms. The Morgan fingerprint density at radius 1 is 0.576 bits per heavy atom. The molecule has 0 atom stereocenters. The van der Waals surface area contributed by atoms with Crippen molar-refractivity contribution >= 4 is 57.0 Å². The molecule has 3 heterocycles. The molecule has 156 valence electrons. The van der Waals surface area contributed by atoms with E-state index in [0.717, 1.165) is 44.1 Å². The van der Waals surface area contributed by atoms with Crippen molar-refractivity contribution in [2.24, 2.45) is 0 Å². The van der Waals surface area contributed by atoms with Crippen LogP contribution in [0.1, 0.15) is 22.4 Å². The molecule has 0 unspecified atom stereocenters. The lowest BCUT2D eigenvalue weighted by Gasteiger charge is -2.00. The Hall–Kier alpha value is -4.50. The molecule has 0 amide bonds. The largest absolute Gasteiger partial charge is 0.355 e. The second-order valence-corrected chi connectivity index (χ2v) is 8.08. The quantitative estimate of drug-likeness (QED) is 0.317. The van der Waals surface area contributed by atoms with Gasteiger partial charge in [0, 0.05) is 45.3 Å². The summed E-state index contributed by atoms with van der Waals surface area (Å²) in [6.45, 7) is 0. The van der Waals surface area contributed by atoms with Crippen LogP contribution in [-0.4, -0.2) is 15.0 Å². The van der Waals surface area contributed by atoms with Crippen LogP contribution in [0.15, 0.2) is 97.3 Å². The third-order valence-corrected chi connectivity index (χ3v) is 5.92. The van der Waals surface area contributed by atoms with E-state index in [2.05, 4.69) is 112 Å². The first-order chi connectivity index (χ1) is 16.3. The Bertz CT molecular complexity index is 1670. The number of H-pyrrole nitrogens is 1. The fraction of sp³-hybridized carbons (Fsp3) is 0. The van der Waals surface area contributed by atoms with E-state index >= 15 is 0 Å². The summed E-state index contributed by atoms with van der Waals surface area (Å²) < 4.78 is 0. The maximum absolute atomic E-state index is 4.48. The van der Waals surface area contributed by atoms with Crippen LogP contribution in [0.2, 0.25) is 0 Å². The smallest absolute Gasteiger partial charge is 0.0707 e. The van der Waals surface area contributed by atoms with Gasteiger partial charge in [-0.15, -0.1) is 0 Å². The zero-order valence-corrected chi connectivity index (χ0v) is 17.9. The number of hydrogen-bond acceptors (Lipinski definition) is 2. The molecule has 0 aliphatic carbocycles. The molecule has 3 aromatic carbocycles. The van der Waals surface area contributed by atoms with Crippen molar-refractivity contribution < 1.29 is 0 Å². The topological polar surface area (TPSA) is 41.6 Å². The number of fused-ring (bicyclic) bond motifs is 3. The summed E-state index contributed by atoms with van der Waals surface area (Å²) in [5.41, 5.74) is 7.62. The first kappa shape index (κ1) is 19.2. The maximum atomic E-state index is 4.48. The van der Waals surface area contributed by atoms with E-state index in [1.54, 1.807) is 0 Å². The summed E-state index contributed by atoms with van der Waals surface area (Å²) in [5, 5.41) is 3.50. The molecular formula is C30H21N3. The summed E-state index contributed by atoms with van der Waals surface area (Å²) >= 11 is 0. The van der Waals surface area contributed by atoms with Crippen molar-refractivity contribution in [3.05, 3.63) is 120 Å². The minimum Gasteiger partial charge on any atom is -0.355 e. The molecule has 6 rings (SSSR count). The number of benzene rings is 3. The zero-order chi connectivity index (χ0) is 22.0. The highest BCUT2D eigenvalue weighted by Crippen LogP contribution is 2.27. The molecule has 6 aromatic rings. The molecule has 1 N–H and O–H groups in total. The summed E-state index contributed by atoms with van der Waals surface area (Å²) in [6, 6.07) is 29.2. The van der Waals surface area contributed by atoms with E-state index in [-0.39, 0.29) is 0 Å². The minimum atomic E-state index is 1.00. The second-order valence-electron chi connectivity index (χ2n) is 8.08. The monoisotopic (exact) mass is 423 g/mol. The van der Waals surface area contributed by atoms with Gasteiger partial charge in [-0.05, 0) is 47.5 Å². The first-order valence-electron chi connectivity index (χ1n) is 11.0. The van der Waals surface area contributed by atoms with Gasteiger partial charge in [-0.2, -0.15) is 0 Å². The van der Waals surface area contributed by atoms with E-state index in [0.29, 0.717) is 0 Å². The van der Waals surface area contributed by atoms with Gasteiger partial charge < -0.3 is 4.98 Å². The van der Waals surface area contributed by atoms with Gasteiger partial charge in [-0.25, -0.2) is 0 Å². The van der Waals surface area contributed by atoms with Gasteiger partial charge in [0.15, 0.2) is 0 Å². The lowest BCUT2D eigenvalue weighted by molar-refractivity contribution is 1.41. The van der Waals surface area contributed by atoms with Crippen molar-refractivity contribution in [1.82, 2.24) is 15.0 Å². The highest BCUT2D eigenvalue weighted by Gasteiger charge is 2.07. The van der Waals surface area contributed by atoms with Crippen LogP contribution < -0.4 is 0 Å². The lowest BCUT2D eigenvalue weighted by Crippen LogP contribution is -1.81. The van der Waals surface area contributed by atoms with Crippen LogP contribution >= 0.6 is 0 Å². The average Bonchev–Trinajstić information content (AvgIpc) is 3.23.